The van der Waals surface area contributed by atoms with Crippen molar-refractivity contribution in [3.05, 3.63) is 70.5 Å². The molecule has 0 atom stereocenters. The number of anilines is 1. The highest BCUT2D eigenvalue weighted by molar-refractivity contribution is 7.99. The van der Waals surface area contributed by atoms with Gasteiger partial charge < -0.3 is 5.32 Å². The number of nitrogens with zero attached hydrogens (tertiary/aromatic N) is 2. The molecule has 3 rings (SSSR count). The summed E-state index contributed by atoms with van der Waals surface area (Å²) in [5.41, 5.74) is 1.64. The summed E-state index contributed by atoms with van der Waals surface area (Å²) in [4.78, 5) is 16.5. The van der Waals surface area contributed by atoms with Gasteiger partial charge in [-0.25, -0.2) is 4.98 Å². The second kappa shape index (κ2) is 8.51. The van der Waals surface area contributed by atoms with Gasteiger partial charge in [-0.2, -0.15) is 13.2 Å². The molecule has 1 aromatic heterocycles. The van der Waals surface area contributed by atoms with Crippen LogP contribution in [0.3, 0.4) is 0 Å². The summed E-state index contributed by atoms with van der Waals surface area (Å²) in [5.74, 6) is -0.729. The molecule has 0 aliphatic carbocycles. The lowest BCUT2D eigenvalue weighted by Gasteiger charge is -2.15. The first-order valence-corrected chi connectivity index (χ1v) is 9.92. The molecule has 0 saturated carbocycles. The molecule has 0 unspecified atom stereocenters. The molecule has 0 bridgehead atoms. The van der Waals surface area contributed by atoms with E-state index in [1.54, 1.807) is 12.4 Å². The fourth-order valence-corrected chi connectivity index (χ4v) is 3.87. The largest absolute Gasteiger partial charge is 0.418 e. The van der Waals surface area contributed by atoms with Crippen molar-refractivity contribution in [1.29, 1.82) is 0 Å². The molecule has 0 radical (unpaired) electrons. The summed E-state index contributed by atoms with van der Waals surface area (Å²) in [6.07, 6.45) is -1.25. The van der Waals surface area contributed by atoms with E-state index in [-0.39, 0.29) is 10.8 Å². The van der Waals surface area contributed by atoms with Gasteiger partial charge in [-0.05, 0) is 49.2 Å². The van der Waals surface area contributed by atoms with E-state index < -0.39 is 23.3 Å². The predicted octanol–water partition coefficient (Wildman–Crippen LogP) is 5.89. The van der Waals surface area contributed by atoms with Crippen LogP contribution in [-0.4, -0.2) is 21.2 Å². The van der Waals surface area contributed by atoms with Crippen LogP contribution in [0.1, 0.15) is 16.7 Å². The normalized spacial score (nSPS) is 11.5. The number of hydrogen-bond acceptors (Lipinski definition) is 3. The van der Waals surface area contributed by atoms with E-state index in [1.807, 2.05) is 36.6 Å². The Balaban J connectivity index is 1.75. The monoisotopic (exact) mass is 439 g/mol. The highest BCUT2D eigenvalue weighted by Crippen LogP contribution is 2.38. The summed E-state index contributed by atoms with van der Waals surface area (Å²) in [7, 11) is 0. The Labute approximate surface area is 175 Å². The van der Waals surface area contributed by atoms with Crippen LogP contribution in [0, 0.1) is 13.8 Å². The zero-order valence-electron chi connectivity index (χ0n) is 15.5. The molecule has 3 aromatic rings. The average molecular weight is 440 g/mol. The maximum absolute atomic E-state index is 13.2. The number of carbonyl (C=O) groups is 1. The first-order chi connectivity index (χ1) is 13.6. The van der Waals surface area contributed by atoms with Crippen LogP contribution in [0.15, 0.2) is 53.9 Å². The fourth-order valence-electron chi connectivity index (χ4n) is 2.88. The average Bonchev–Trinajstić information content (AvgIpc) is 3.08. The summed E-state index contributed by atoms with van der Waals surface area (Å²) in [5, 5.41) is 2.66. The van der Waals surface area contributed by atoms with Crippen molar-refractivity contribution in [3.63, 3.8) is 0 Å². The zero-order valence-corrected chi connectivity index (χ0v) is 17.1. The molecule has 0 aliphatic heterocycles. The molecule has 1 amide bonds. The van der Waals surface area contributed by atoms with Gasteiger partial charge in [0.05, 0.1) is 22.0 Å². The standard InChI is InChI=1S/C20H17ClF3N3OS/c1-12-8-13(2)10-14(9-12)27-7-6-25-19(27)29-11-17(28)26-18-15(20(22,23)24)4-3-5-16(18)21/h3-10H,11H2,1-2H3,(H,26,28). The van der Waals surface area contributed by atoms with Crippen LogP contribution in [0.4, 0.5) is 18.9 Å². The third kappa shape index (κ3) is 5.13. The number of nitrogens with one attached hydrogen (secondary N) is 1. The molecule has 9 heteroatoms. The minimum absolute atomic E-state index is 0.121. The minimum atomic E-state index is -4.63. The number of para-hydroxylation sites is 1. The van der Waals surface area contributed by atoms with Crippen LogP contribution in [0.2, 0.25) is 5.02 Å². The van der Waals surface area contributed by atoms with Gasteiger partial charge in [0.2, 0.25) is 5.91 Å². The second-order valence-electron chi connectivity index (χ2n) is 6.42. The Kier molecular flexibility index (Phi) is 6.24. The summed E-state index contributed by atoms with van der Waals surface area (Å²) in [6.45, 7) is 3.96. The predicted molar refractivity (Wildman–Crippen MR) is 109 cm³/mol. The van der Waals surface area contributed by atoms with Crippen molar-refractivity contribution in [2.24, 2.45) is 0 Å². The van der Waals surface area contributed by atoms with Gasteiger partial charge in [0, 0.05) is 18.1 Å². The highest BCUT2D eigenvalue weighted by atomic mass is 35.5. The Hall–Kier alpha value is -2.45. The number of halogens is 4. The van der Waals surface area contributed by atoms with Gasteiger partial charge in [-0.15, -0.1) is 0 Å². The van der Waals surface area contributed by atoms with Gasteiger partial charge in [0.1, 0.15) is 0 Å². The fraction of sp³-hybridized carbons (Fsp3) is 0.200. The third-order valence-corrected chi connectivity index (χ3v) is 5.29. The SMILES string of the molecule is Cc1cc(C)cc(-n2ccnc2SCC(=O)Nc2c(Cl)cccc2C(F)(F)F)c1. The molecule has 0 fully saturated rings. The number of aromatic nitrogens is 2. The van der Waals surface area contributed by atoms with Crippen LogP contribution in [0.25, 0.3) is 5.69 Å². The van der Waals surface area contributed by atoms with Crippen LogP contribution in [0.5, 0.6) is 0 Å². The molecule has 29 heavy (non-hydrogen) atoms. The number of amides is 1. The Morgan fingerprint density at radius 2 is 1.90 bits per heavy atom. The van der Waals surface area contributed by atoms with Crippen molar-refractivity contribution in [1.82, 2.24) is 9.55 Å². The van der Waals surface area contributed by atoms with E-state index in [4.69, 9.17) is 11.6 Å². The number of rotatable bonds is 5. The van der Waals surface area contributed by atoms with Crippen molar-refractivity contribution < 1.29 is 18.0 Å². The Morgan fingerprint density at radius 3 is 2.55 bits per heavy atom. The smallest absolute Gasteiger partial charge is 0.324 e. The molecule has 4 nitrogen and oxygen atoms in total. The second-order valence-corrected chi connectivity index (χ2v) is 7.77. The first kappa shape index (κ1) is 21.3. The molecule has 152 valence electrons. The maximum atomic E-state index is 13.2. The lowest BCUT2D eigenvalue weighted by Crippen LogP contribution is -2.18. The first-order valence-electron chi connectivity index (χ1n) is 8.55. The molecule has 0 aliphatic rings. The van der Waals surface area contributed by atoms with Gasteiger partial charge >= 0.3 is 6.18 Å². The Morgan fingerprint density at radius 1 is 1.21 bits per heavy atom. The lowest BCUT2D eigenvalue weighted by atomic mass is 10.1. The molecule has 1 N–H and O–H groups in total. The van der Waals surface area contributed by atoms with Crippen molar-refractivity contribution in [2.75, 3.05) is 11.1 Å². The van der Waals surface area contributed by atoms with E-state index in [9.17, 15) is 18.0 Å². The van der Waals surface area contributed by atoms with Crippen LogP contribution < -0.4 is 5.32 Å². The topological polar surface area (TPSA) is 46.9 Å². The minimum Gasteiger partial charge on any atom is -0.324 e. The molecular weight excluding hydrogens is 423 g/mol. The van der Waals surface area contributed by atoms with E-state index in [0.717, 1.165) is 34.6 Å². The zero-order chi connectivity index (χ0) is 21.2. The number of imidazole rings is 1. The number of hydrogen-bond donors (Lipinski definition) is 1. The number of alkyl halides is 3. The Bertz CT molecular complexity index is 1030. The maximum Gasteiger partial charge on any atom is 0.418 e. The van der Waals surface area contributed by atoms with E-state index >= 15 is 0 Å². The van der Waals surface area contributed by atoms with Crippen LogP contribution >= 0.6 is 23.4 Å². The molecule has 0 saturated heterocycles. The molecule has 1 heterocycles. The van der Waals surface area contributed by atoms with Crippen molar-refractivity contribution >= 4 is 35.0 Å². The molecule has 0 spiro atoms. The quantitative estimate of drug-likeness (QED) is 0.504. The van der Waals surface area contributed by atoms with Crippen molar-refractivity contribution in [2.45, 2.75) is 25.2 Å². The number of carbonyl (C=O) groups excluding carboxylic acids is 1. The van der Waals surface area contributed by atoms with Gasteiger partial charge in [-0.1, -0.05) is 35.5 Å². The van der Waals surface area contributed by atoms with Gasteiger partial charge in [0.15, 0.2) is 5.16 Å². The third-order valence-electron chi connectivity index (χ3n) is 4.01. The van der Waals surface area contributed by atoms with E-state index in [1.165, 1.54) is 12.1 Å². The highest BCUT2D eigenvalue weighted by Gasteiger charge is 2.34. The summed E-state index contributed by atoms with van der Waals surface area (Å²) >= 11 is 7.00. The lowest BCUT2D eigenvalue weighted by molar-refractivity contribution is -0.137. The number of thioether (sulfide) groups is 1. The van der Waals surface area contributed by atoms with Gasteiger partial charge in [-0.3, -0.25) is 9.36 Å². The molecular formula is C20H17ClF3N3OS. The summed E-state index contributed by atoms with van der Waals surface area (Å²) in [6, 6.07) is 9.38. The van der Waals surface area contributed by atoms with E-state index in [2.05, 4.69) is 10.3 Å². The van der Waals surface area contributed by atoms with E-state index in [0.29, 0.717) is 5.16 Å². The van der Waals surface area contributed by atoms with Crippen LogP contribution in [-0.2, 0) is 11.0 Å². The number of aryl methyl sites for hydroxylation is 2. The molecule has 2 aromatic carbocycles. The summed E-state index contributed by atoms with van der Waals surface area (Å²) < 4.78 is 41.3. The van der Waals surface area contributed by atoms with Gasteiger partial charge in [0.25, 0.3) is 0 Å². The number of benzene rings is 2. The van der Waals surface area contributed by atoms with Crippen molar-refractivity contribution in [3.8, 4) is 5.69 Å².